The Labute approximate surface area is 213 Å². The summed E-state index contributed by atoms with van der Waals surface area (Å²) in [6, 6.07) is 12.6. The van der Waals surface area contributed by atoms with Crippen LogP contribution in [0.4, 0.5) is 5.82 Å². The van der Waals surface area contributed by atoms with E-state index in [0.717, 1.165) is 55.2 Å². The van der Waals surface area contributed by atoms with Gasteiger partial charge in [0.25, 0.3) is 0 Å². The molecule has 4 heterocycles. The van der Waals surface area contributed by atoms with Gasteiger partial charge in [-0.25, -0.2) is 9.97 Å². The van der Waals surface area contributed by atoms with Gasteiger partial charge in [-0.1, -0.05) is 44.2 Å². The summed E-state index contributed by atoms with van der Waals surface area (Å²) in [6.45, 7) is 11.3. The predicted molar refractivity (Wildman–Crippen MR) is 144 cm³/mol. The number of rotatable bonds is 7. The first-order chi connectivity index (χ1) is 17.4. The molecule has 2 aliphatic heterocycles. The van der Waals surface area contributed by atoms with Crippen LogP contribution in [0.1, 0.15) is 42.4 Å². The molecule has 7 nitrogen and oxygen atoms in total. The fourth-order valence-electron chi connectivity index (χ4n) is 4.89. The topological polar surface area (TPSA) is 65.2 Å². The number of piperazine rings is 1. The summed E-state index contributed by atoms with van der Waals surface area (Å²) in [5.41, 5.74) is 5.55. The van der Waals surface area contributed by atoms with Crippen LogP contribution in [-0.2, 0) is 6.54 Å². The van der Waals surface area contributed by atoms with Gasteiger partial charge in [-0.15, -0.1) is 0 Å². The molecule has 3 aromatic rings. The van der Waals surface area contributed by atoms with Crippen LogP contribution in [0.2, 0.25) is 0 Å². The van der Waals surface area contributed by atoms with Crippen molar-refractivity contribution in [2.45, 2.75) is 33.4 Å². The molecule has 2 fully saturated rings. The van der Waals surface area contributed by atoms with Crippen molar-refractivity contribution in [3.05, 3.63) is 77.5 Å². The van der Waals surface area contributed by atoms with Crippen molar-refractivity contribution in [2.24, 2.45) is 5.92 Å². The summed E-state index contributed by atoms with van der Waals surface area (Å²) < 4.78 is 0. The van der Waals surface area contributed by atoms with Crippen molar-refractivity contribution >= 4 is 17.7 Å². The van der Waals surface area contributed by atoms with E-state index in [4.69, 9.17) is 9.97 Å². The van der Waals surface area contributed by atoms with Gasteiger partial charge in [0.2, 0.25) is 0 Å². The number of likely N-dealkylation sites (N-methyl/N-ethyl adjacent to an activating group) is 1. The summed E-state index contributed by atoms with van der Waals surface area (Å²) >= 11 is 0. The number of nitrogens with zero attached hydrogens (tertiary/aromatic N) is 6. The Morgan fingerprint density at radius 1 is 1.08 bits per heavy atom. The van der Waals surface area contributed by atoms with Crippen LogP contribution in [0.3, 0.4) is 0 Å². The largest absolute Gasteiger partial charge is 0.317 e. The molecule has 186 valence electrons. The van der Waals surface area contributed by atoms with Crippen LogP contribution in [-0.4, -0.2) is 69.8 Å². The van der Waals surface area contributed by atoms with Crippen LogP contribution in [0.15, 0.2) is 60.7 Å². The Morgan fingerprint density at radius 2 is 1.83 bits per heavy atom. The summed E-state index contributed by atoms with van der Waals surface area (Å²) in [7, 11) is 2.18. The van der Waals surface area contributed by atoms with Crippen molar-refractivity contribution in [1.29, 1.82) is 0 Å². The number of carbonyl (C=O) groups excluding carboxylic acids is 1. The molecule has 1 unspecified atom stereocenters. The Kier molecular flexibility index (Phi) is 6.94. The molecule has 0 radical (unpaired) electrons. The minimum atomic E-state index is -0.0822. The highest BCUT2D eigenvalue weighted by atomic mass is 16.1. The van der Waals surface area contributed by atoms with Crippen LogP contribution >= 0.6 is 0 Å². The van der Waals surface area contributed by atoms with Crippen molar-refractivity contribution in [3.63, 3.8) is 0 Å². The molecule has 2 aromatic heterocycles. The Hall–Kier alpha value is -3.42. The number of benzene rings is 1. The lowest BCUT2D eigenvalue weighted by Crippen LogP contribution is -2.43. The fraction of sp³-hybridized carbons (Fsp3) is 0.379. The highest BCUT2D eigenvalue weighted by Crippen LogP contribution is 2.44. The first-order valence-electron chi connectivity index (χ1n) is 12.7. The lowest BCUT2D eigenvalue weighted by atomic mass is 10.1. The van der Waals surface area contributed by atoms with Crippen molar-refractivity contribution < 1.29 is 4.79 Å². The molecule has 0 bridgehead atoms. The molecule has 0 amide bonds. The molecule has 0 spiro atoms. The summed E-state index contributed by atoms with van der Waals surface area (Å²) in [5, 5.41) is 0. The van der Waals surface area contributed by atoms with Crippen LogP contribution in [0.5, 0.6) is 0 Å². The molecule has 2 aliphatic rings. The maximum absolute atomic E-state index is 12.7. The highest BCUT2D eigenvalue weighted by molar-refractivity contribution is 5.99. The highest BCUT2D eigenvalue weighted by Gasteiger charge is 2.46. The van der Waals surface area contributed by atoms with Crippen LogP contribution in [0, 0.1) is 5.92 Å². The van der Waals surface area contributed by atoms with E-state index in [2.05, 4.69) is 70.9 Å². The monoisotopic (exact) mass is 482 g/mol. The van der Waals surface area contributed by atoms with E-state index < -0.39 is 0 Å². The molecule has 2 saturated heterocycles. The Balaban J connectivity index is 1.38. The van der Waals surface area contributed by atoms with E-state index >= 15 is 0 Å². The fourth-order valence-corrected chi connectivity index (χ4v) is 4.89. The molecular formula is C29H34N6O. The molecule has 7 heteroatoms. The van der Waals surface area contributed by atoms with Gasteiger partial charge in [0, 0.05) is 63.3 Å². The van der Waals surface area contributed by atoms with Gasteiger partial charge in [-0.05, 0) is 36.2 Å². The van der Waals surface area contributed by atoms with E-state index in [1.165, 1.54) is 5.56 Å². The number of carbonyl (C=O) groups is 1. The van der Waals surface area contributed by atoms with Crippen LogP contribution < -0.4 is 4.90 Å². The molecule has 5 rings (SSSR count). The van der Waals surface area contributed by atoms with Crippen molar-refractivity contribution in [3.8, 4) is 11.3 Å². The molecular weight excluding hydrogens is 448 g/mol. The predicted octanol–water partition coefficient (Wildman–Crippen LogP) is 4.37. The normalized spacial score (nSPS) is 19.8. The molecule has 0 aliphatic carbocycles. The van der Waals surface area contributed by atoms with Gasteiger partial charge in [0.05, 0.1) is 17.9 Å². The van der Waals surface area contributed by atoms with Gasteiger partial charge >= 0.3 is 0 Å². The third-order valence-electron chi connectivity index (χ3n) is 6.99. The van der Waals surface area contributed by atoms with Gasteiger partial charge in [0.15, 0.2) is 11.6 Å². The third kappa shape index (κ3) is 5.22. The number of hydrogen-bond acceptors (Lipinski definition) is 7. The molecule has 0 saturated carbocycles. The van der Waals surface area contributed by atoms with Crippen molar-refractivity contribution in [2.75, 3.05) is 38.1 Å². The first-order valence-corrected chi connectivity index (χ1v) is 12.7. The standard InChI is InChI=1S/C29H34N6O/c1-20(2)28-26(16-23-6-5-11-30-17-23)35(28)29-27(21(3)36)32-25(18-31-29)24-9-7-22(8-10-24)19-34-14-12-33(4)13-15-34/h5-11,16-18,20,28H,12-15,19H2,1-4H3/b26-16-. The summed E-state index contributed by atoms with van der Waals surface area (Å²) in [6.07, 6.45) is 7.52. The average molecular weight is 483 g/mol. The SMILES string of the molecule is CC(=O)c1nc(-c2ccc(CN3CCN(C)CC3)cc2)cnc1N1/C(=C\c2cccnc2)C1C(C)C. The van der Waals surface area contributed by atoms with Crippen LogP contribution in [0.25, 0.3) is 17.3 Å². The number of anilines is 1. The van der Waals surface area contributed by atoms with Crippen molar-refractivity contribution in [1.82, 2.24) is 24.8 Å². The minimum absolute atomic E-state index is 0.0822. The zero-order chi connectivity index (χ0) is 25.2. The summed E-state index contributed by atoms with van der Waals surface area (Å²) in [5.74, 6) is 0.926. The smallest absolute Gasteiger partial charge is 0.181 e. The second kappa shape index (κ2) is 10.3. The third-order valence-corrected chi connectivity index (χ3v) is 6.99. The maximum atomic E-state index is 12.7. The number of Topliss-reactive ketones (excluding diaryl/α,β-unsaturated/α-hetero) is 1. The van der Waals surface area contributed by atoms with E-state index in [9.17, 15) is 4.79 Å². The Bertz CT molecular complexity index is 1250. The first kappa shape index (κ1) is 24.3. The van der Waals surface area contributed by atoms with E-state index in [1.807, 2.05) is 18.3 Å². The van der Waals surface area contributed by atoms with E-state index in [0.29, 0.717) is 17.4 Å². The lowest BCUT2D eigenvalue weighted by molar-refractivity contribution is 0.101. The zero-order valence-electron chi connectivity index (χ0n) is 21.6. The second-order valence-corrected chi connectivity index (χ2v) is 10.2. The Morgan fingerprint density at radius 3 is 2.47 bits per heavy atom. The number of pyridine rings is 1. The molecule has 1 atom stereocenters. The van der Waals surface area contributed by atoms with E-state index in [-0.39, 0.29) is 11.8 Å². The molecule has 1 aromatic carbocycles. The average Bonchev–Trinajstić information content (AvgIpc) is 3.60. The molecule has 36 heavy (non-hydrogen) atoms. The zero-order valence-corrected chi connectivity index (χ0v) is 21.6. The molecule has 0 N–H and O–H groups in total. The van der Waals surface area contributed by atoms with Gasteiger partial charge < -0.3 is 9.80 Å². The number of ketones is 1. The lowest BCUT2D eigenvalue weighted by Gasteiger charge is -2.32. The van der Waals surface area contributed by atoms with Gasteiger partial charge in [-0.2, -0.15) is 0 Å². The van der Waals surface area contributed by atoms with Gasteiger partial charge in [-0.3, -0.25) is 14.7 Å². The van der Waals surface area contributed by atoms with E-state index in [1.54, 1.807) is 19.3 Å². The van der Waals surface area contributed by atoms with Gasteiger partial charge in [0.1, 0.15) is 5.69 Å². The number of aromatic nitrogens is 3. The number of hydrogen-bond donors (Lipinski definition) is 0. The second-order valence-electron chi connectivity index (χ2n) is 10.2. The summed E-state index contributed by atoms with van der Waals surface area (Å²) in [4.78, 5) is 33.4. The minimum Gasteiger partial charge on any atom is -0.317 e. The quantitative estimate of drug-likeness (QED) is 0.366. The maximum Gasteiger partial charge on any atom is 0.181 e.